The minimum atomic E-state index is -1.14. The van der Waals surface area contributed by atoms with Crippen LogP contribution < -0.4 is 15.2 Å². The Morgan fingerprint density at radius 3 is 2.44 bits per heavy atom. The van der Waals surface area contributed by atoms with E-state index in [4.69, 9.17) is 20.3 Å². The number of rotatable bonds is 4. The fourth-order valence-corrected chi connectivity index (χ4v) is 1.39. The molecule has 0 saturated carbocycles. The number of aliphatic hydroxyl groups is 1. The Morgan fingerprint density at radius 2 is 2.00 bits per heavy atom. The number of aliphatic hydroxyl groups excluding tert-OH is 1. The van der Waals surface area contributed by atoms with Gasteiger partial charge in [-0.1, -0.05) is 0 Å². The lowest BCUT2D eigenvalue weighted by Gasteiger charge is -2.17. The number of hydrogen-bond donors (Lipinski definition) is 2. The summed E-state index contributed by atoms with van der Waals surface area (Å²) in [6.45, 7) is -0.528. The zero-order valence-corrected chi connectivity index (χ0v) is 8.96. The summed E-state index contributed by atoms with van der Waals surface area (Å²) in [5.41, 5.74) is 5.24. The summed E-state index contributed by atoms with van der Waals surface area (Å²) >= 11 is 0. The summed E-state index contributed by atoms with van der Waals surface area (Å²) in [7, 11) is 2.58. The molecular formula is C10H13F2NO3. The molecule has 1 aromatic rings. The molecule has 0 amide bonds. The van der Waals surface area contributed by atoms with Crippen LogP contribution in [0, 0.1) is 11.6 Å². The van der Waals surface area contributed by atoms with E-state index in [1.807, 2.05) is 0 Å². The Morgan fingerprint density at radius 1 is 1.38 bits per heavy atom. The quantitative estimate of drug-likeness (QED) is 0.813. The van der Waals surface area contributed by atoms with E-state index in [0.717, 1.165) is 6.07 Å². The van der Waals surface area contributed by atoms with Crippen molar-refractivity contribution < 1.29 is 23.4 Å². The number of hydrogen-bond acceptors (Lipinski definition) is 4. The van der Waals surface area contributed by atoms with Crippen LogP contribution in [0.25, 0.3) is 0 Å². The van der Waals surface area contributed by atoms with Crippen molar-refractivity contribution in [2.24, 2.45) is 5.73 Å². The summed E-state index contributed by atoms with van der Waals surface area (Å²) < 4.78 is 36.4. The smallest absolute Gasteiger partial charge is 0.168 e. The van der Waals surface area contributed by atoms with Crippen LogP contribution in [0.2, 0.25) is 0 Å². The first-order valence-corrected chi connectivity index (χ1v) is 4.53. The normalized spacial score (nSPS) is 12.4. The van der Waals surface area contributed by atoms with Crippen LogP contribution in [-0.4, -0.2) is 25.9 Å². The first-order chi connectivity index (χ1) is 7.56. The molecule has 0 aliphatic rings. The number of halogens is 2. The van der Waals surface area contributed by atoms with Gasteiger partial charge in [0.1, 0.15) is 0 Å². The van der Waals surface area contributed by atoms with Crippen LogP contribution in [0.5, 0.6) is 11.5 Å². The zero-order valence-electron chi connectivity index (χ0n) is 8.96. The van der Waals surface area contributed by atoms with Crippen molar-refractivity contribution in [2.45, 2.75) is 6.04 Å². The average molecular weight is 233 g/mol. The van der Waals surface area contributed by atoms with Gasteiger partial charge in [0, 0.05) is 6.07 Å². The van der Waals surface area contributed by atoms with Crippen molar-refractivity contribution in [3.05, 3.63) is 23.3 Å². The highest BCUT2D eigenvalue weighted by atomic mass is 19.2. The van der Waals surface area contributed by atoms with Crippen molar-refractivity contribution in [2.75, 3.05) is 20.8 Å². The highest BCUT2D eigenvalue weighted by Gasteiger charge is 2.24. The number of methoxy groups -OCH3 is 2. The van der Waals surface area contributed by atoms with Gasteiger partial charge in [-0.15, -0.1) is 0 Å². The molecular weight excluding hydrogens is 220 g/mol. The van der Waals surface area contributed by atoms with E-state index in [2.05, 4.69) is 0 Å². The van der Waals surface area contributed by atoms with Crippen molar-refractivity contribution in [3.63, 3.8) is 0 Å². The lowest BCUT2D eigenvalue weighted by molar-refractivity contribution is 0.258. The molecule has 16 heavy (non-hydrogen) atoms. The Bertz CT molecular complexity index is 385. The largest absolute Gasteiger partial charge is 0.493 e. The van der Waals surface area contributed by atoms with Gasteiger partial charge in [-0.25, -0.2) is 8.78 Å². The molecule has 0 bridgehead atoms. The third-order valence-corrected chi connectivity index (χ3v) is 2.16. The van der Waals surface area contributed by atoms with Gasteiger partial charge in [0.2, 0.25) is 0 Å². The summed E-state index contributed by atoms with van der Waals surface area (Å²) in [6.07, 6.45) is 0. The van der Waals surface area contributed by atoms with E-state index in [0.29, 0.717) is 0 Å². The van der Waals surface area contributed by atoms with Gasteiger partial charge in [0.15, 0.2) is 23.1 Å². The minimum absolute atomic E-state index is 0.0112. The summed E-state index contributed by atoms with van der Waals surface area (Å²) in [4.78, 5) is 0. The number of ether oxygens (including phenoxy) is 2. The molecule has 6 heteroatoms. The molecule has 1 unspecified atom stereocenters. The van der Waals surface area contributed by atoms with Gasteiger partial charge in [-0.3, -0.25) is 0 Å². The Kier molecular flexibility index (Phi) is 4.03. The lowest BCUT2D eigenvalue weighted by Crippen LogP contribution is -2.18. The van der Waals surface area contributed by atoms with Gasteiger partial charge in [-0.2, -0.15) is 0 Å². The molecule has 0 radical (unpaired) electrons. The van der Waals surface area contributed by atoms with E-state index in [1.165, 1.54) is 14.2 Å². The van der Waals surface area contributed by atoms with Crippen molar-refractivity contribution >= 4 is 0 Å². The van der Waals surface area contributed by atoms with Crippen LogP contribution in [-0.2, 0) is 0 Å². The molecule has 0 saturated heterocycles. The zero-order chi connectivity index (χ0) is 12.3. The molecule has 1 rings (SSSR count). The van der Waals surface area contributed by atoms with Crippen LogP contribution in [0.4, 0.5) is 8.78 Å². The topological polar surface area (TPSA) is 64.7 Å². The van der Waals surface area contributed by atoms with Gasteiger partial charge in [0.25, 0.3) is 0 Å². The van der Waals surface area contributed by atoms with Crippen LogP contribution >= 0.6 is 0 Å². The van der Waals surface area contributed by atoms with Gasteiger partial charge >= 0.3 is 0 Å². The number of nitrogens with two attached hydrogens (primary N) is 1. The first-order valence-electron chi connectivity index (χ1n) is 4.53. The highest BCUT2D eigenvalue weighted by molar-refractivity contribution is 5.49. The SMILES string of the molecule is COc1cc(F)c(F)c(C(N)CO)c1OC. The Hall–Kier alpha value is -1.40. The predicted molar refractivity (Wildman–Crippen MR) is 53.5 cm³/mol. The van der Waals surface area contributed by atoms with Crippen LogP contribution in [0.3, 0.4) is 0 Å². The third-order valence-electron chi connectivity index (χ3n) is 2.16. The molecule has 0 heterocycles. The molecule has 0 fully saturated rings. The van der Waals surface area contributed by atoms with E-state index in [9.17, 15) is 8.78 Å². The summed E-state index contributed by atoms with van der Waals surface area (Å²) in [5.74, 6) is -2.22. The Balaban J connectivity index is 3.46. The monoisotopic (exact) mass is 233 g/mol. The van der Waals surface area contributed by atoms with Crippen molar-refractivity contribution in [1.82, 2.24) is 0 Å². The van der Waals surface area contributed by atoms with Gasteiger partial charge < -0.3 is 20.3 Å². The number of benzene rings is 1. The minimum Gasteiger partial charge on any atom is -0.493 e. The maximum atomic E-state index is 13.5. The standard InChI is InChI=1S/C10H13F2NO3/c1-15-7-3-5(11)9(12)8(6(13)4-14)10(7)16-2/h3,6,14H,4,13H2,1-2H3. The second-order valence-electron chi connectivity index (χ2n) is 3.11. The molecule has 3 N–H and O–H groups in total. The van der Waals surface area contributed by atoms with Crippen molar-refractivity contribution in [1.29, 1.82) is 0 Å². The summed E-state index contributed by atoms with van der Waals surface area (Å²) in [6, 6.07) is -0.207. The molecule has 90 valence electrons. The molecule has 0 aromatic heterocycles. The molecule has 0 aliphatic carbocycles. The van der Waals surface area contributed by atoms with E-state index in [-0.39, 0.29) is 17.1 Å². The van der Waals surface area contributed by atoms with E-state index < -0.39 is 24.3 Å². The molecule has 0 aliphatic heterocycles. The fraction of sp³-hybridized carbons (Fsp3) is 0.400. The van der Waals surface area contributed by atoms with Gasteiger partial charge in [0.05, 0.1) is 32.4 Å². The third kappa shape index (κ3) is 2.07. The lowest BCUT2D eigenvalue weighted by atomic mass is 10.1. The predicted octanol–water partition coefficient (Wildman–Crippen LogP) is 0.974. The van der Waals surface area contributed by atoms with E-state index >= 15 is 0 Å². The molecule has 1 aromatic carbocycles. The molecule has 0 spiro atoms. The second-order valence-corrected chi connectivity index (χ2v) is 3.11. The van der Waals surface area contributed by atoms with Gasteiger partial charge in [-0.05, 0) is 0 Å². The van der Waals surface area contributed by atoms with Crippen LogP contribution in [0.1, 0.15) is 11.6 Å². The molecule has 4 nitrogen and oxygen atoms in total. The average Bonchev–Trinajstić information content (AvgIpc) is 2.30. The maximum Gasteiger partial charge on any atom is 0.168 e. The first kappa shape index (κ1) is 12.7. The Labute approximate surface area is 91.6 Å². The van der Waals surface area contributed by atoms with E-state index in [1.54, 1.807) is 0 Å². The second kappa shape index (κ2) is 5.09. The van der Waals surface area contributed by atoms with Crippen molar-refractivity contribution in [3.8, 4) is 11.5 Å². The highest BCUT2D eigenvalue weighted by Crippen LogP contribution is 2.37. The maximum absolute atomic E-state index is 13.5. The fourth-order valence-electron chi connectivity index (χ4n) is 1.39. The van der Waals surface area contributed by atoms with Crippen LogP contribution in [0.15, 0.2) is 6.07 Å². The summed E-state index contributed by atoms with van der Waals surface area (Å²) in [5, 5.41) is 8.88. The molecule has 1 atom stereocenters.